The van der Waals surface area contributed by atoms with Gasteiger partial charge in [0, 0.05) is 0 Å². The molecule has 1 N–H and O–H groups in total. The van der Waals surface area contributed by atoms with E-state index in [9.17, 15) is 0 Å². The zero-order valence-corrected chi connectivity index (χ0v) is 12.2. The highest BCUT2D eigenvalue weighted by molar-refractivity contribution is 5.14. The molecule has 0 unspecified atom stereocenters. The van der Waals surface area contributed by atoms with Crippen molar-refractivity contribution in [1.29, 1.82) is 0 Å². The Morgan fingerprint density at radius 1 is 1.17 bits per heavy atom. The average molecular weight is 249 g/mol. The molecule has 0 aromatic heterocycles. The average Bonchev–Trinajstić information content (AvgIpc) is 2.43. The fourth-order valence-electron chi connectivity index (χ4n) is 2.85. The van der Waals surface area contributed by atoms with Crippen LogP contribution in [0.15, 0.2) is 24.3 Å². The molecule has 1 nitrogen and oxygen atoms in total. The quantitative estimate of drug-likeness (QED) is 0.455. The van der Waals surface area contributed by atoms with Crippen molar-refractivity contribution in [2.75, 3.05) is 13.1 Å². The second-order valence-corrected chi connectivity index (χ2v) is 5.57. The van der Waals surface area contributed by atoms with Gasteiger partial charge in [-0.3, -0.25) is 0 Å². The van der Waals surface area contributed by atoms with E-state index in [0.29, 0.717) is 0 Å². The zero-order chi connectivity index (χ0) is 13.1. The summed E-state index contributed by atoms with van der Waals surface area (Å²) in [5.41, 5.74) is 1.39. The Balaban J connectivity index is 1.87. The molecular weight excluding hydrogens is 218 g/mol. The third-order valence-electron chi connectivity index (χ3n) is 4.16. The van der Waals surface area contributed by atoms with Crippen LogP contribution in [0.2, 0.25) is 0 Å². The van der Waals surface area contributed by atoms with Crippen LogP contribution in [-0.4, -0.2) is 13.1 Å². The number of hydrogen-bond acceptors (Lipinski definition) is 1. The van der Waals surface area contributed by atoms with E-state index in [-0.39, 0.29) is 0 Å². The van der Waals surface area contributed by atoms with Crippen molar-refractivity contribution in [1.82, 2.24) is 5.32 Å². The molecule has 0 atom stereocenters. The molecule has 0 amide bonds. The first kappa shape index (κ1) is 15.5. The summed E-state index contributed by atoms with van der Waals surface area (Å²) in [7, 11) is 0. The van der Waals surface area contributed by atoms with Crippen molar-refractivity contribution in [3.05, 3.63) is 24.3 Å². The molecule has 1 aliphatic carbocycles. The molecule has 0 aromatic carbocycles. The monoisotopic (exact) mass is 249 g/mol. The standard InChI is InChI=1S/C17H31N/c1-3-16(4-2)10-8-9-14-18-15-13-17-11-6-5-7-12-17/h3-4,17-18H,1,5-15H2,2H3/b16-4-. The second kappa shape index (κ2) is 10.4. The van der Waals surface area contributed by atoms with Crippen molar-refractivity contribution < 1.29 is 0 Å². The third-order valence-corrected chi connectivity index (χ3v) is 4.16. The van der Waals surface area contributed by atoms with Gasteiger partial charge < -0.3 is 5.32 Å². The van der Waals surface area contributed by atoms with Gasteiger partial charge in [-0.2, -0.15) is 0 Å². The number of hydrogen-bond donors (Lipinski definition) is 1. The van der Waals surface area contributed by atoms with E-state index >= 15 is 0 Å². The SMILES string of the molecule is C=C/C(=C/C)CCCCNCCC1CCCCC1. The smallest absolute Gasteiger partial charge is 0.00463 e. The number of allylic oxidation sites excluding steroid dienone is 3. The van der Waals surface area contributed by atoms with Crippen LogP contribution < -0.4 is 5.32 Å². The molecule has 0 radical (unpaired) electrons. The van der Waals surface area contributed by atoms with E-state index in [4.69, 9.17) is 0 Å². The van der Waals surface area contributed by atoms with Crippen LogP contribution in [0.25, 0.3) is 0 Å². The summed E-state index contributed by atoms with van der Waals surface area (Å²) >= 11 is 0. The van der Waals surface area contributed by atoms with Crippen molar-refractivity contribution in [3.8, 4) is 0 Å². The summed E-state index contributed by atoms with van der Waals surface area (Å²) in [4.78, 5) is 0. The van der Waals surface area contributed by atoms with Gasteiger partial charge in [0.15, 0.2) is 0 Å². The van der Waals surface area contributed by atoms with Crippen LogP contribution in [0.1, 0.15) is 64.7 Å². The summed E-state index contributed by atoms with van der Waals surface area (Å²) < 4.78 is 0. The fourth-order valence-corrected chi connectivity index (χ4v) is 2.85. The molecular formula is C17H31N. The maximum absolute atomic E-state index is 3.83. The van der Waals surface area contributed by atoms with Crippen molar-refractivity contribution >= 4 is 0 Å². The summed E-state index contributed by atoms with van der Waals surface area (Å²) in [6.45, 7) is 8.33. The van der Waals surface area contributed by atoms with Gasteiger partial charge in [0.05, 0.1) is 0 Å². The highest BCUT2D eigenvalue weighted by Crippen LogP contribution is 2.25. The predicted octanol–water partition coefficient (Wildman–Crippen LogP) is 4.85. The Bertz CT molecular complexity index is 236. The molecule has 1 rings (SSSR count). The summed E-state index contributed by atoms with van der Waals surface area (Å²) in [6.07, 6.45) is 16.7. The van der Waals surface area contributed by atoms with Crippen molar-refractivity contribution in [3.63, 3.8) is 0 Å². The molecule has 0 aromatic rings. The molecule has 104 valence electrons. The van der Waals surface area contributed by atoms with E-state index in [0.717, 1.165) is 5.92 Å². The van der Waals surface area contributed by atoms with Crippen LogP contribution in [-0.2, 0) is 0 Å². The molecule has 1 saturated carbocycles. The lowest BCUT2D eigenvalue weighted by atomic mass is 9.87. The third kappa shape index (κ3) is 7.00. The highest BCUT2D eigenvalue weighted by Gasteiger charge is 2.12. The Hall–Kier alpha value is -0.560. The van der Waals surface area contributed by atoms with E-state index in [1.54, 1.807) is 0 Å². The van der Waals surface area contributed by atoms with Gasteiger partial charge in [-0.1, -0.05) is 56.4 Å². The normalized spacial score (nSPS) is 17.9. The Morgan fingerprint density at radius 3 is 2.61 bits per heavy atom. The lowest BCUT2D eigenvalue weighted by molar-refractivity contribution is 0.334. The van der Waals surface area contributed by atoms with Gasteiger partial charge in [0.2, 0.25) is 0 Å². The maximum Gasteiger partial charge on any atom is -0.00463 e. The molecule has 0 heterocycles. The van der Waals surface area contributed by atoms with E-state index < -0.39 is 0 Å². The Morgan fingerprint density at radius 2 is 1.94 bits per heavy atom. The molecule has 1 fully saturated rings. The van der Waals surface area contributed by atoms with E-state index in [1.165, 1.54) is 76.5 Å². The van der Waals surface area contributed by atoms with Gasteiger partial charge in [-0.25, -0.2) is 0 Å². The molecule has 1 heteroatoms. The van der Waals surface area contributed by atoms with Crippen LogP contribution >= 0.6 is 0 Å². The topological polar surface area (TPSA) is 12.0 Å². The summed E-state index contributed by atoms with van der Waals surface area (Å²) in [5, 5.41) is 3.60. The van der Waals surface area contributed by atoms with Crippen LogP contribution in [0, 0.1) is 5.92 Å². The summed E-state index contributed by atoms with van der Waals surface area (Å²) in [6, 6.07) is 0. The minimum Gasteiger partial charge on any atom is -0.317 e. The predicted molar refractivity (Wildman–Crippen MR) is 81.9 cm³/mol. The zero-order valence-electron chi connectivity index (χ0n) is 12.2. The van der Waals surface area contributed by atoms with Crippen molar-refractivity contribution in [2.45, 2.75) is 64.7 Å². The molecule has 0 aliphatic heterocycles. The molecule has 1 aliphatic rings. The van der Waals surface area contributed by atoms with Gasteiger partial charge in [-0.05, 0) is 51.6 Å². The lowest BCUT2D eigenvalue weighted by Crippen LogP contribution is -2.20. The van der Waals surface area contributed by atoms with Gasteiger partial charge in [0.1, 0.15) is 0 Å². The van der Waals surface area contributed by atoms with E-state index in [2.05, 4.69) is 24.9 Å². The molecule has 0 spiro atoms. The van der Waals surface area contributed by atoms with Gasteiger partial charge in [0.25, 0.3) is 0 Å². The van der Waals surface area contributed by atoms with Crippen LogP contribution in [0.4, 0.5) is 0 Å². The van der Waals surface area contributed by atoms with Gasteiger partial charge >= 0.3 is 0 Å². The van der Waals surface area contributed by atoms with Crippen LogP contribution in [0.5, 0.6) is 0 Å². The first-order valence-electron chi connectivity index (χ1n) is 7.85. The maximum atomic E-state index is 3.83. The minimum absolute atomic E-state index is 1.02. The summed E-state index contributed by atoms with van der Waals surface area (Å²) in [5.74, 6) is 1.02. The fraction of sp³-hybridized carbons (Fsp3) is 0.765. The van der Waals surface area contributed by atoms with Crippen molar-refractivity contribution in [2.24, 2.45) is 5.92 Å². The Kier molecular flexibility index (Phi) is 8.93. The number of unbranched alkanes of at least 4 members (excludes halogenated alkanes) is 1. The Labute approximate surface area is 114 Å². The first-order valence-corrected chi connectivity index (χ1v) is 7.85. The largest absolute Gasteiger partial charge is 0.317 e. The number of rotatable bonds is 9. The minimum atomic E-state index is 1.02. The molecule has 0 saturated heterocycles. The first-order chi connectivity index (χ1) is 8.86. The molecule has 18 heavy (non-hydrogen) atoms. The molecule has 0 bridgehead atoms. The van der Waals surface area contributed by atoms with Gasteiger partial charge in [-0.15, -0.1) is 0 Å². The van der Waals surface area contributed by atoms with E-state index in [1.807, 2.05) is 6.08 Å². The van der Waals surface area contributed by atoms with Crippen LogP contribution in [0.3, 0.4) is 0 Å². The number of nitrogens with one attached hydrogen (secondary N) is 1. The second-order valence-electron chi connectivity index (χ2n) is 5.57. The highest BCUT2D eigenvalue weighted by atomic mass is 14.8. The lowest BCUT2D eigenvalue weighted by Gasteiger charge is -2.21.